The van der Waals surface area contributed by atoms with Gasteiger partial charge in [0, 0.05) is 12.6 Å². The Morgan fingerprint density at radius 1 is 1.26 bits per heavy atom. The predicted octanol–water partition coefficient (Wildman–Crippen LogP) is 5.97. The third-order valence-corrected chi connectivity index (χ3v) is 7.87. The average molecular weight is 532 g/mol. The highest BCUT2D eigenvalue weighted by Gasteiger charge is 2.33. The van der Waals surface area contributed by atoms with Crippen molar-refractivity contribution in [3.8, 4) is 0 Å². The Bertz CT molecular complexity index is 994. The Morgan fingerprint density at radius 3 is 2.66 bits per heavy atom. The van der Waals surface area contributed by atoms with Crippen molar-refractivity contribution in [2.24, 2.45) is 5.92 Å². The summed E-state index contributed by atoms with van der Waals surface area (Å²) >= 11 is 2.31. The number of aliphatic carboxylic acids is 1. The maximum atomic E-state index is 13.2. The molecule has 1 aliphatic carbocycles. The fourth-order valence-corrected chi connectivity index (χ4v) is 5.53. The fraction of sp³-hybridized carbons (Fsp3) is 0.522. The van der Waals surface area contributed by atoms with Gasteiger partial charge >= 0.3 is 18.2 Å². The second-order valence-corrected chi connectivity index (χ2v) is 10.7. The van der Waals surface area contributed by atoms with Gasteiger partial charge in [-0.2, -0.15) is 13.2 Å². The van der Waals surface area contributed by atoms with Crippen molar-refractivity contribution in [3.05, 3.63) is 41.6 Å². The van der Waals surface area contributed by atoms with E-state index in [0.29, 0.717) is 15.3 Å². The SMILES string of the molecule is CC1CCC(N(CCOCc2ccccc2C(F)(F)F)C(=O)Nc2ncc(SCC(=O)O)s2)CC1. The lowest BCUT2D eigenvalue weighted by atomic mass is 9.86. The summed E-state index contributed by atoms with van der Waals surface area (Å²) in [5.74, 6) is -0.458. The standard InChI is InChI=1S/C23H28F3N3O4S2/c1-15-6-8-17(9-7-15)29(22(32)28-21-27-12-20(35-21)34-14-19(30)31)10-11-33-13-16-4-2-3-5-18(16)23(24,25)26/h2-5,12,15,17H,6-11,13-14H2,1H3,(H,30,31)(H,27,28,32). The summed E-state index contributed by atoms with van der Waals surface area (Å²) in [5, 5.41) is 11.9. The molecule has 1 heterocycles. The van der Waals surface area contributed by atoms with Crippen molar-refractivity contribution in [2.45, 2.75) is 55.6 Å². The number of hydrogen-bond acceptors (Lipinski definition) is 6. The van der Waals surface area contributed by atoms with Crippen molar-refractivity contribution in [3.63, 3.8) is 0 Å². The number of rotatable bonds is 10. The summed E-state index contributed by atoms with van der Waals surface area (Å²) in [6.07, 6.45) is 0.705. The monoisotopic (exact) mass is 531 g/mol. The molecular formula is C23H28F3N3O4S2. The zero-order valence-electron chi connectivity index (χ0n) is 19.2. The number of amides is 2. The van der Waals surface area contributed by atoms with Crippen LogP contribution in [0.4, 0.5) is 23.1 Å². The van der Waals surface area contributed by atoms with Gasteiger partial charge in [-0.15, -0.1) is 11.8 Å². The number of hydrogen-bond donors (Lipinski definition) is 2. The van der Waals surface area contributed by atoms with Gasteiger partial charge in [0.25, 0.3) is 0 Å². The van der Waals surface area contributed by atoms with Gasteiger partial charge in [-0.05, 0) is 43.2 Å². The number of thioether (sulfide) groups is 1. The maximum absolute atomic E-state index is 13.2. The average Bonchev–Trinajstić information content (AvgIpc) is 3.25. The number of thiazole rings is 1. The number of nitrogens with zero attached hydrogens (tertiary/aromatic N) is 2. The maximum Gasteiger partial charge on any atom is 0.416 e. The Morgan fingerprint density at radius 2 is 1.97 bits per heavy atom. The van der Waals surface area contributed by atoms with Gasteiger partial charge in [0.15, 0.2) is 5.13 Å². The molecule has 1 aromatic heterocycles. The van der Waals surface area contributed by atoms with Gasteiger partial charge < -0.3 is 14.7 Å². The van der Waals surface area contributed by atoms with Gasteiger partial charge in [0.05, 0.1) is 34.9 Å². The molecule has 0 aliphatic heterocycles. The van der Waals surface area contributed by atoms with Crippen LogP contribution < -0.4 is 5.32 Å². The van der Waals surface area contributed by atoms with Crippen molar-refractivity contribution in [2.75, 3.05) is 24.2 Å². The number of carbonyl (C=O) groups is 2. The van der Waals surface area contributed by atoms with Crippen LogP contribution in [-0.4, -0.2) is 51.9 Å². The largest absolute Gasteiger partial charge is 0.481 e. The minimum Gasteiger partial charge on any atom is -0.481 e. The molecule has 2 N–H and O–H groups in total. The van der Waals surface area contributed by atoms with Crippen LogP contribution in [0.2, 0.25) is 0 Å². The van der Waals surface area contributed by atoms with Crippen LogP contribution >= 0.6 is 23.1 Å². The van der Waals surface area contributed by atoms with Crippen LogP contribution in [0, 0.1) is 5.92 Å². The molecular weight excluding hydrogens is 503 g/mol. The van der Waals surface area contributed by atoms with E-state index in [1.54, 1.807) is 4.90 Å². The highest BCUT2D eigenvalue weighted by Crippen LogP contribution is 2.33. The molecule has 0 saturated heterocycles. The van der Waals surface area contributed by atoms with Gasteiger partial charge in [-0.3, -0.25) is 10.1 Å². The molecule has 12 heteroatoms. The first kappa shape index (κ1) is 27.3. The van der Waals surface area contributed by atoms with E-state index in [0.717, 1.165) is 43.5 Å². The number of anilines is 1. The molecule has 0 bridgehead atoms. The summed E-state index contributed by atoms with van der Waals surface area (Å²) in [6, 6.07) is 4.93. The molecule has 1 aliphatic rings. The van der Waals surface area contributed by atoms with Crippen LogP contribution in [-0.2, 0) is 22.3 Å². The number of urea groups is 1. The normalized spacial score (nSPS) is 18.3. The molecule has 0 atom stereocenters. The Balaban J connectivity index is 1.60. The van der Waals surface area contributed by atoms with E-state index >= 15 is 0 Å². The third kappa shape index (κ3) is 8.39. The van der Waals surface area contributed by atoms with Crippen LogP contribution in [0.5, 0.6) is 0 Å². The molecule has 1 saturated carbocycles. The van der Waals surface area contributed by atoms with Crippen molar-refractivity contribution >= 4 is 40.2 Å². The number of carbonyl (C=O) groups excluding carboxylic acids is 1. The smallest absolute Gasteiger partial charge is 0.416 e. The zero-order valence-corrected chi connectivity index (χ0v) is 20.8. The molecule has 1 aromatic carbocycles. The lowest BCUT2D eigenvalue weighted by Crippen LogP contribution is -2.46. The fourth-order valence-electron chi connectivity index (χ4n) is 3.95. The number of carboxylic acids is 1. The number of halogens is 3. The van der Waals surface area contributed by atoms with E-state index in [4.69, 9.17) is 9.84 Å². The van der Waals surface area contributed by atoms with Crippen molar-refractivity contribution < 1.29 is 32.6 Å². The molecule has 2 amide bonds. The lowest BCUT2D eigenvalue weighted by molar-refractivity contribution is -0.139. The molecule has 0 spiro atoms. The second kappa shape index (κ2) is 12.6. The topological polar surface area (TPSA) is 91.8 Å². The van der Waals surface area contributed by atoms with Crippen LogP contribution in [0.15, 0.2) is 34.7 Å². The number of carboxylic acid groups (broad SMARTS) is 1. The van der Waals surface area contributed by atoms with E-state index in [1.807, 2.05) is 0 Å². The number of aromatic nitrogens is 1. The predicted molar refractivity (Wildman–Crippen MR) is 129 cm³/mol. The highest BCUT2D eigenvalue weighted by molar-refractivity contribution is 8.01. The van der Waals surface area contributed by atoms with Gasteiger partial charge in [-0.25, -0.2) is 9.78 Å². The first-order valence-corrected chi connectivity index (χ1v) is 13.0. The van der Waals surface area contributed by atoms with Crippen LogP contribution in [0.3, 0.4) is 0 Å². The van der Waals surface area contributed by atoms with E-state index < -0.39 is 17.7 Å². The van der Waals surface area contributed by atoms with E-state index in [9.17, 15) is 22.8 Å². The van der Waals surface area contributed by atoms with Crippen LogP contribution in [0.25, 0.3) is 0 Å². The molecule has 192 valence electrons. The third-order valence-electron chi connectivity index (χ3n) is 5.78. The summed E-state index contributed by atoms with van der Waals surface area (Å²) in [5.41, 5.74) is -0.673. The minimum absolute atomic E-state index is 0.00178. The summed E-state index contributed by atoms with van der Waals surface area (Å²) in [4.78, 5) is 29.7. The molecule has 35 heavy (non-hydrogen) atoms. The quantitative estimate of drug-likeness (QED) is 0.290. The number of benzene rings is 1. The first-order valence-electron chi connectivity index (χ1n) is 11.2. The molecule has 1 fully saturated rings. The van der Waals surface area contributed by atoms with Crippen LogP contribution in [0.1, 0.15) is 43.7 Å². The Hall–Kier alpha value is -2.31. The van der Waals surface area contributed by atoms with Crippen molar-refractivity contribution in [1.82, 2.24) is 9.88 Å². The number of alkyl halides is 3. The molecule has 3 rings (SSSR count). The van der Waals surface area contributed by atoms with E-state index in [2.05, 4.69) is 17.2 Å². The minimum atomic E-state index is -4.46. The molecule has 0 radical (unpaired) electrons. The first-order chi connectivity index (χ1) is 16.6. The molecule has 7 nitrogen and oxygen atoms in total. The van der Waals surface area contributed by atoms with Gasteiger partial charge in [0.1, 0.15) is 0 Å². The molecule has 0 unspecified atom stereocenters. The second-order valence-electron chi connectivity index (χ2n) is 8.41. The highest BCUT2D eigenvalue weighted by atomic mass is 32.2. The van der Waals surface area contributed by atoms with E-state index in [1.165, 1.54) is 35.7 Å². The Kier molecular flexibility index (Phi) is 9.81. The number of nitrogens with one attached hydrogen (secondary N) is 1. The molecule has 2 aromatic rings. The summed E-state index contributed by atoms with van der Waals surface area (Å²) in [6.45, 7) is 2.28. The van der Waals surface area contributed by atoms with Gasteiger partial charge in [-0.1, -0.05) is 36.5 Å². The zero-order chi connectivity index (χ0) is 25.4. The van der Waals surface area contributed by atoms with E-state index in [-0.39, 0.29) is 43.1 Å². The summed E-state index contributed by atoms with van der Waals surface area (Å²) < 4.78 is 45.9. The lowest BCUT2D eigenvalue weighted by Gasteiger charge is -2.36. The number of ether oxygens (including phenoxy) is 1. The summed E-state index contributed by atoms with van der Waals surface area (Å²) in [7, 11) is 0. The van der Waals surface area contributed by atoms with Gasteiger partial charge in [0.2, 0.25) is 0 Å². The van der Waals surface area contributed by atoms with Crippen molar-refractivity contribution in [1.29, 1.82) is 0 Å². The Labute approximate surface area is 210 Å².